The maximum Gasteiger partial charge on any atom is 0.408 e. The maximum absolute atomic E-state index is 13.7. The van der Waals surface area contributed by atoms with Crippen LogP contribution in [0.1, 0.15) is 31.1 Å². The van der Waals surface area contributed by atoms with Crippen molar-refractivity contribution in [3.05, 3.63) is 35.9 Å². The van der Waals surface area contributed by atoms with Crippen LogP contribution in [-0.2, 0) is 11.3 Å². The Morgan fingerprint density at radius 1 is 1.37 bits per heavy atom. The van der Waals surface area contributed by atoms with Crippen LogP contribution in [0, 0.1) is 5.82 Å². The summed E-state index contributed by atoms with van der Waals surface area (Å²) < 4.78 is 24.4. The van der Waals surface area contributed by atoms with Gasteiger partial charge < -0.3 is 19.9 Å². The van der Waals surface area contributed by atoms with E-state index in [0.29, 0.717) is 0 Å². The lowest BCUT2D eigenvalue weighted by atomic mass is 10.2. The quantitative estimate of drug-likeness (QED) is 0.738. The van der Waals surface area contributed by atoms with Gasteiger partial charge in [0.2, 0.25) is 0 Å². The molecule has 0 radical (unpaired) electrons. The second kappa shape index (κ2) is 8.43. The van der Waals surface area contributed by atoms with Gasteiger partial charge in [-0.05, 0) is 38.1 Å². The molecule has 1 aromatic carbocycles. The Bertz CT molecular complexity index is 791. The highest BCUT2D eigenvalue weighted by Gasteiger charge is 2.21. The molecule has 0 unspecified atom stereocenters. The van der Waals surface area contributed by atoms with Crippen LogP contribution in [-0.4, -0.2) is 55.6 Å². The molecular formula is C16H20FN5O5. The summed E-state index contributed by atoms with van der Waals surface area (Å²) in [5.41, 5.74) is -1.14. The highest BCUT2D eigenvalue weighted by atomic mass is 19.1. The van der Waals surface area contributed by atoms with E-state index in [1.165, 1.54) is 17.2 Å². The van der Waals surface area contributed by atoms with Gasteiger partial charge in [-0.1, -0.05) is 0 Å². The van der Waals surface area contributed by atoms with E-state index >= 15 is 0 Å². The molecule has 1 aromatic heterocycles. The zero-order valence-corrected chi connectivity index (χ0v) is 15.0. The van der Waals surface area contributed by atoms with Crippen molar-refractivity contribution < 1.29 is 28.6 Å². The Balaban J connectivity index is 2.04. The van der Waals surface area contributed by atoms with Crippen LogP contribution in [0.25, 0.3) is 0 Å². The molecule has 0 bridgehead atoms. The molecule has 1 atom stereocenters. The summed E-state index contributed by atoms with van der Waals surface area (Å²) in [6.07, 6.45) is 0.578. The lowest BCUT2D eigenvalue weighted by Gasteiger charge is -2.23. The molecule has 0 aliphatic rings. The fourth-order valence-corrected chi connectivity index (χ4v) is 2.04. The van der Waals surface area contributed by atoms with Gasteiger partial charge >= 0.3 is 12.1 Å². The number of alkyl carbamates (subject to hydrolysis) is 1. The normalized spacial score (nSPS) is 12.3. The number of hydrogen-bond acceptors (Lipinski definition) is 7. The third kappa shape index (κ3) is 6.53. The van der Waals surface area contributed by atoms with Gasteiger partial charge in [0.15, 0.2) is 6.33 Å². The number of carbonyl (C=O) groups is 2. The first-order valence-corrected chi connectivity index (χ1v) is 8.00. The minimum Gasteiger partial charge on any atom is -0.491 e. The van der Waals surface area contributed by atoms with Crippen molar-refractivity contribution in [2.45, 2.75) is 39.0 Å². The largest absolute Gasteiger partial charge is 0.491 e. The molecule has 146 valence electrons. The second-order valence-corrected chi connectivity index (χ2v) is 6.59. The zero-order valence-electron chi connectivity index (χ0n) is 15.0. The first-order chi connectivity index (χ1) is 12.6. The summed E-state index contributed by atoms with van der Waals surface area (Å²) in [5.74, 6) is -2.18. The third-order valence-electron chi connectivity index (χ3n) is 3.12. The molecule has 2 aromatic rings. The van der Waals surface area contributed by atoms with Crippen LogP contribution in [0.4, 0.5) is 9.18 Å². The fraction of sp³-hybridized carbons (Fsp3) is 0.438. The predicted molar refractivity (Wildman–Crippen MR) is 89.8 cm³/mol. The van der Waals surface area contributed by atoms with E-state index in [0.717, 1.165) is 12.1 Å². The minimum atomic E-state index is -1.37. The average molecular weight is 381 g/mol. The van der Waals surface area contributed by atoms with Crippen LogP contribution < -0.4 is 10.1 Å². The molecular weight excluding hydrogens is 361 g/mol. The van der Waals surface area contributed by atoms with E-state index in [9.17, 15) is 14.0 Å². The Hall–Kier alpha value is -3.24. The first kappa shape index (κ1) is 20.1. The molecule has 0 fully saturated rings. The van der Waals surface area contributed by atoms with Crippen molar-refractivity contribution in [1.29, 1.82) is 0 Å². The first-order valence-electron chi connectivity index (χ1n) is 8.00. The molecule has 27 heavy (non-hydrogen) atoms. The summed E-state index contributed by atoms with van der Waals surface area (Å²) in [6.45, 7) is 5.25. The summed E-state index contributed by atoms with van der Waals surface area (Å²) in [6, 6.07) is 2.77. The van der Waals surface area contributed by atoms with Gasteiger partial charge in [-0.2, -0.15) is 4.80 Å². The number of aromatic carboxylic acids is 1. The Kier molecular flexibility index (Phi) is 6.27. The fourth-order valence-electron chi connectivity index (χ4n) is 2.04. The Labute approximate surface area is 154 Å². The van der Waals surface area contributed by atoms with Gasteiger partial charge in [0.05, 0.1) is 18.2 Å². The van der Waals surface area contributed by atoms with Crippen molar-refractivity contribution in [3.63, 3.8) is 0 Å². The topological polar surface area (TPSA) is 128 Å². The number of carboxylic acids is 1. The summed E-state index contributed by atoms with van der Waals surface area (Å²) in [4.78, 5) is 24.1. The van der Waals surface area contributed by atoms with E-state index in [4.69, 9.17) is 14.6 Å². The highest BCUT2D eigenvalue weighted by Crippen LogP contribution is 2.17. The van der Waals surface area contributed by atoms with Crippen LogP contribution in [0.5, 0.6) is 5.75 Å². The maximum atomic E-state index is 13.7. The molecule has 11 heteroatoms. The molecule has 0 spiro atoms. The monoisotopic (exact) mass is 381 g/mol. The number of amides is 1. The Morgan fingerprint density at radius 3 is 2.67 bits per heavy atom. The summed E-state index contributed by atoms with van der Waals surface area (Å²) in [7, 11) is 0. The zero-order chi connectivity index (χ0) is 20.0. The van der Waals surface area contributed by atoms with Gasteiger partial charge in [0.1, 0.15) is 23.8 Å². The molecule has 0 aliphatic heterocycles. The molecule has 10 nitrogen and oxygen atoms in total. The molecule has 2 N–H and O–H groups in total. The molecule has 0 saturated heterocycles. The number of benzene rings is 1. The molecule has 1 heterocycles. The second-order valence-electron chi connectivity index (χ2n) is 6.59. The number of hydrogen-bond donors (Lipinski definition) is 2. The number of tetrazole rings is 1. The van der Waals surface area contributed by atoms with Crippen molar-refractivity contribution in [3.8, 4) is 5.75 Å². The van der Waals surface area contributed by atoms with E-state index < -0.39 is 35.1 Å². The predicted octanol–water partition coefficient (Wildman–Crippen LogP) is 1.48. The Morgan fingerprint density at radius 2 is 2.11 bits per heavy atom. The number of ether oxygens (including phenoxy) is 2. The number of nitrogens with zero attached hydrogens (tertiary/aromatic N) is 4. The smallest absolute Gasteiger partial charge is 0.408 e. The van der Waals surface area contributed by atoms with Crippen LogP contribution in [0.15, 0.2) is 24.5 Å². The van der Waals surface area contributed by atoms with Gasteiger partial charge in [0.25, 0.3) is 0 Å². The number of carbonyl (C=O) groups excluding carboxylic acids is 1. The standard InChI is InChI=1S/C16H20FN5O5/c1-16(2,3)27-15(25)20-10(7-22-19-9-18-21-22)8-26-11-4-5-12(14(23)24)13(17)6-11/h4-6,9-10H,7-8H2,1-3H3,(H,20,25)(H,23,24)/t10-/m1/s1. The number of carboxylic acid groups (broad SMARTS) is 1. The van der Waals surface area contributed by atoms with Crippen LogP contribution >= 0.6 is 0 Å². The lowest BCUT2D eigenvalue weighted by Crippen LogP contribution is -2.44. The number of rotatable bonds is 7. The van der Waals surface area contributed by atoms with Crippen molar-refractivity contribution in [1.82, 2.24) is 25.5 Å². The minimum absolute atomic E-state index is 0.0629. The van der Waals surface area contributed by atoms with E-state index in [1.807, 2.05) is 0 Å². The molecule has 2 rings (SSSR count). The van der Waals surface area contributed by atoms with Gasteiger partial charge in [-0.15, -0.1) is 10.2 Å². The molecule has 0 aliphatic carbocycles. The van der Waals surface area contributed by atoms with Crippen molar-refractivity contribution >= 4 is 12.1 Å². The number of nitrogens with one attached hydrogen (secondary N) is 1. The summed E-state index contributed by atoms with van der Waals surface area (Å²) >= 11 is 0. The van der Waals surface area contributed by atoms with Gasteiger partial charge in [-0.25, -0.2) is 14.0 Å². The van der Waals surface area contributed by atoms with Gasteiger partial charge in [-0.3, -0.25) is 0 Å². The molecule has 0 saturated carbocycles. The summed E-state index contributed by atoms with van der Waals surface area (Å²) in [5, 5.41) is 22.6. The van der Waals surface area contributed by atoms with Crippen LogP contribution in [0.3, 0.4) is 0 Å². The SMILES string of the molecule is CC(C)(C)OC(=O)N[C@@H](COc1ccc(C(=O)O)c(F)c1)Cn1ncnn1. The third-order valence-corrected chi connectivity index (χ3v) is 3.12. The van der Waals surface area contributed by atoms with E-state index in [-0.39, 0.29) is 18.9 Å². The van der Waals surface area contributed by atoms with E-state index in [2.05, 4.69) is 20.7 Å². The van der Waals surface area contributed by atoms with Crippen molar-refractivity contribution in [2.24, 2.45) is 0 Å². The highest BCUT2D eigenvalue weighted by molar-refractivity contribution is 5.88. The average Bonchev–Trinajstić information content (AvgIpc) is 3.03. The number of halogens is 1. The number of aromatic nitrogens is 4. The van der Waals surface area contributed by atoms with Crippen LogP contribution in [0.2, 0.25) is 0 Å². The molecule has 1 amide bonds. The van der Waals surface area contributed by atoms with Crippen molar-refractivity contribution in [2.75, 3.05) is 6.61 Å². The van der Waals surface area contributed by atoms with E-state index in [1.54, 1.807) is 20.8 Å². The van der Waals surface area contributed by atoms with Gasteiger partial charge in [0, 0.05) is 6.07 Å². The lowest BCUT2D eigenvalue weighted by molar-refractivity contribution is 0.0477.